The molecule has 1 heterocycles. The van der Waals surface area contributed by atoms with Crippen LogP contribution in [0.5, 0.6) is 0 Å². The third kappa shape index (κ3) is 4.71. The predicted octanol–water partition coefficient (Wildman–Crippen LogP) is 4.90. The summed E-state index contributed by atoms with van der Waals surface area (Å²) in [5.74, 6) is 0. The number of amidine groups is 1. The normalized spacial score (nSPS) is 20.6. The number of thioether (sulfide) groups is 1. The number of hydrogen-bond acceptors (Lipinski definition) is 3. The molecule has 1 aromatic carbocycles. The lowest BCUT2D eigenvalue weighted by Gasteiger charge is -2.22. The third-order valence-electron chi connectivity index (χ3n) is 3.27. The molecule has 0 spiro atoms. The average Bonchev–Trinajstić information content (AvgIpc) is 2.74. The molecule has 0 amide bonds. The molecule has 0 saturated carbocycles. The second kappa shape index (κ2) is 6.40. The molecule has 2 atom stereocenters. The number of rotatable bonds is 3. The van der Waals surface area contributed by atoms with Crippen molar-refractivity contribution in [1.29, 1.82) is 0 Å². The fourth-order valence-electron chi connectivity index (χ4n) is 2.31. The van der Waals surface area contributed by atoms with E-state index >= 15 is 0 Å². The molecule has 4 heteroatoms. The first-order valence-corrected chi connectivity index (χ1v) is 8.32. The highest BCUT2D eigenvalue weighted by atomic mass is 35.5. The molecular formula is C16H23ClN2S. The zero-order valence-electron chi connectivity index (χ0n) is 12.6. The van der Waals surface area contributed by atoms with E-state index in [2.05, 4.69) is 50.1 Å². The molecule has 2 rings (SSSR count). The Labute approximate surface area is 131 Å². The molecule has 0 bridgehead atoms. The van der Waals surface area contributed by atoms with Crippen LogP contribution in [0.1, 0.15) is 45.7 Å². The molecule has 1 aromatic rings. The van der Waals surface area contributed by atoms with Gasteiger partial charge in [0.1, 0.15) is 0 Å². The lowest BCUT2D eigenvalue weighted by molar-refractivity contribution is 0.375. The Morgan fingerprint density at radius 1 is 1.35 bits per heavy atom. The minimum Gasteiger partial charge on any atom is -0.358 e. The summed E-state index contributed by atoms with van der Waals surface area (Å²) in [7, 11) is 0. The van der Waals surface area contributed by atoms with E-state index in [0.717, 1.165) is 16.7 Å². The van der Waals surface area contributed by atoms with Crippen molar-refractivity contribution in [3.63, 3.8) is 0 Å². The van der Waals surface area contributed by atoms with E-state index in [9.17, 15) is 0 Å². The second-order valence-corrected chi connectivity index (χ2v) is 8.29. The van der Waals surface area contributed by atoms with E-state index in [1.165, 1.54) is 12.0 Å². The Kier molecular flexibility index (Phi) is 5.03. The van der Waals surface area contributed by atoms with Crippen LogP contribution in [0.2, 0.25) is 5.02 Å². The van der Waals surface area contributed by atoms with Gasteiger partial charge in [-0.2, -0.15) is 0 Å². The summed E-state index contributed by atoms with van der Waals surface area (Å²) in [6.07, 6.45) is 1.20. The van der Waals surface area contributed by atoms with Crippen molar-refractivity contribution in [3.05, 3.63) is 34.9 Å². The lowest BCUT2D eigenvalue weighted by Crippen LogP contribution is -2.24. The van der Waals surface area contributed by atoms with Gasteiger partial charge in [0.2, 0.25) is 0 Å². The minimum absolute atomic E-state index is 0.256. The largest absolute Gasteiger partial charge is 0.358 e. The molecule has 1 aliphatic heterocycles. The Bertz CT molecular complexity index is 476. The zero-order chi connectivity index (χ0) is 14.8. The molecule has 0 fully saturated rings. The van der Waals surface area contributed by atoms with Crippen LogP contribution in [-0.2, 0) is 0 Å². The summed E-state index contributed by atoms with van der Waals surface area (Å²) in [6, 6.07) is 8.24. The Morgan fingerprint density at radius 3 is 2.60 bits per heavy atom. The van der Waals surface area contributed by atoms with E-state index in [-0.39, 0.29) is 6.04 Å². The van der Waals surface area contributed by atoms with Gasteiger partial charge in [-0.25, -0.2) is 0 Å². The van der Waals surface area contributed by atoms with Crippen molar-refractivity contribution in [3.8, 4) is 0 Å². The molecule has 0 saturated heterocycles. The van der Waals surface area contributed by atoms with Crippen LogP contribution in [0.25, 0.3) is 0 Å². The van der Waals surface area contributed by atoms with Crippen molar-refractivity contribution in [2.45, 2.75) is 45.4 Å². The fraction of sp³-hybridized carbons (Fsp3) is 0.562. The first kappa shape index (κ1) is 15.7. The van der Waals surface area contributed by atoms with Crippen molar-refractivity contribution in [2.75, 3.05) is 6.54 Å². The third-order valence-corrected chi connectivity index (χ3v) is 4.64. The maximum absolute atomic E-state index is 5.92. The predicted molar refractivity (Wildman–Crippen MR) is 90.8 cm³/mol. The van der Waals surface area contributed by atoms with Crippen LogP contribution >= 0.6 is 23.4 Å². The quantitative estimate of drug-likeness (QED) is 0.859. The van der Waals surface area contributed by atoms with Gasteiger partial charge in [-0.15, -0.1) is 0 Å². The summed E-state index contributed by atoms with van der Waals surface area (Å²) < 4.78 is 0. The number of nitrogens with one attached hydrogen (secondary N) is 1. The molecule has 0 aliphatic carbocycles. The number of aliphatic imine (C=N–C) groups is 1. The van der Waals surface area contributed by atoms with Gasteiger partial charge in [-0.05, 0) is 36.5 Å². The highest BCUT2D eigenvalue weighted by Gasteiger charge is 2.25. The van der Waals surface area contributed by atoms with Crippen LogP contribution in [0.15, 0.2) is 29.3 Å². The molecule has 2 nitrogen and oxygen atoms in total. The molecule has 110 valence electrons. The van der Waals surface area contributed by atoms with Gasteiger partial charge in [0.15, 0.2) is 5.17 Å². The van der Waals surface area contributed by atoms with Crippen molar-refractivity contribution in [2.24, 2.45) is 10.4 Å². The molecule has 1 N–H and O–H groups in total. The van der Waals surface area contributed by atoms with Crippen LogP contribution in [0.3, 0.4) is 0 Å². The second-order valence-electron chi connectivity index (χ2n) is 6.57. The molecule has 0 aromatic heterocycles. The molecule has 20 heavy (non-hydrogen) atoms. The van der Waals surface area contributed by atoms with E-state index in [0.29, 0.717) is 10.7 Å². The highest BCUT2D eigenvalue weighted by molar-refractivity contribution is 8.14. The maximum atomic E-state index is 5.92. The van der Waals surface area contributed by atoms with E-state index in [1.807, 2.05) is 23.9 Å². The van der Waals surface area contributed by atoms with Crippen LogP contribution in [0.4, 0.5) is 0 Å². The highest BCUT2D eigenvalue weighted by Crippen LogP contribution is 2.32. The number of halogens is 1. The molecular weight excluding hydrogens is 288 g/mol. The summed E-state index contributed by atoms with van der Waals surface area (Å²) in [4.78, 5) is 4.63. The Balaban J connectivity index is 1.87. The summed E-state index contributed by atoms with van der Waals surface area (Å²) in [5, 5.41) is 5.95. The fourth-order valence-corrected chi connectivity index (χ4v) is 3.87. The van der Waals surface area contributed by atoms with E-state index < -0.39 is 0 Å². The summed E-state index contributed by atoms with van der Waals surface area (Å²) >= 11 is 7.80. The lowest BCUT2D eigenvalue weighted by atomic mass is 9.90. The van der Waals surface area contributed by atoms with Gasteiger partial charge in [-0.3, -0.25) is 4.99 Å². The van der Waals surface area contributed by atoms with Gasteiger partial charge in [0.25, 0.3) is 0 Å². The maximum Gasteiger partial charge on any atom is 0.157 e. The Morgan fingerprint density at radius 2 is 2.00 bits per heavy atom. The van der Waals surface area contributed by atoms with Crippen molar-refractivity contribution in [1.82, 2.24) is 5.32 Å². The smallest absolute Gasteiger partial charge is 0.157 e. The molecule has 2 unspecified atom stereocenters. The van der Waals surface area contributed by atoms with Crippen molar-refractivity contribution < 1.29 is 0 Å². The van der Waals surface area contributed by atoms with Crippen LogP contribution in [-0.4, -0.2) is 17.0 Å². The SMILES string of the molecule is CC(NC1=NCC(CC(C)(C)C)S1)c1ccc(Cl)cc1. The first-order valence-electron chi connectivity index (χ1n) is 7.06. The van der Waals surface area contributed by atoms with Crippen LogP contribution in [0, 0.1) is 5.41 Å². The summed E-state index contributed by atoms with van der Waals surface area (Å²) in [6.45, 7) is 9.95. The van der Waals surface area contributed by atoms with Gasteiger partial charge < -0.3 is 5.32 Å². The van der Waals surface area contributed by atoms with Gasteiger partial charge in [-0.1, -0.05) is 56.3 Å². The van der Waals surface area contributed by atoms with Gasteiger partial charge >= 0.3 is 0 Å². The van der Waals surface area contributed by atoms with E-state index in [4.69, 9.17) is 11.6 Å². The summed E-state index contributed by atoms with van der Waals surface area (Å²) in [5.41, 5.74) is 1.60. The number of nitrogens with zero attached hydrogens (tertiary/aromatic N) is 1. The van der Waals surface area contributed by atoms with E-state index in [1.54, 1.807) is 0 Å². The molecule has 0 radical (unpaired) electrons. The standard InChI is InChI=1S/C16H23ClN2S/c1-11(12-5-7-13(17)8-6-12)19-15-18-10-14(20-15)9-16(2,3)4/h5-8,11,14H,9-10H2,1-4H3,(H,18,19). The van der Waals surface area contributed by atoms with Crippen LogP contribution < -0.4 is 5.32 Å². The van der Waals surface area contributed by atoms with Gasteiger partial charge in [0, 0.05) is 10.3 Å². The number of benzene rings is 1. The number of hydrogen-bond donors (Lipinski definition) is 1. The molecule has 1 aliphatic rings. The zero-order valence-corrected chi connectivity index (χ0v) is 14.2. The van der Waals surface area contributed by atoms with Gasteiger partial charge in [0.05, 0.1) is 12.6 Å². The first-order chi connectivity index (χ1) is 9.33. The van der Waals surface area contributed by atoms with Crippen molar-refractivity contribution >= 4 is 28.5 Å². The Hall–Kier alpha value is -0.670. The average molecular weight is 311 g/mol. The minimum atomic E-state index is 0.256. The monoisotopic (exact) mass is 310 g/mol. The topological polar surface area (TPSA) is 24.4 Å².